The maximum Gasteiger partial charge on any atom is 0.269 e. The van der Waals surface area contributed by atoms with Crippen LogP contribution in [0.25, 0.3) is 0 Å². The molecule has 0 saturated carbocycles. The van der Waals surface area contributed by atoms with Crippen LogP contribution in [0, 0.1) is 5.92 Å². The van der Waals surface area contributed by atoms with E-state index in [1.165, 1.54) is 11.1 Å². The molecule has 7 nitrogen and oxygen atoms in total. The van der Waals surface area contributed by atoms with Crippen LogP contribution in [0.5, 0.6) is 5.75 Å². The molecule has 43 heavy (non-hydrogen) atoms. The van der Waals surface area contributed by atoms with Crippen molar-refractivity contribution in [1.29, 1.82) is 0 Å². The monoisotopic (exact) mass is 606 g/mol. The van der Waals surface area contributed by atoms with Gasteiger partial charge in [0.2, 0.25) is 8.41 Å². The van der Waals surface area contributed by atoms with E-state index in [1.807, 2.05) is 49.4 Å². The number of para-hydroxylation sites is 2. The van der Waals surface area contributed by atoms with E-state index in [0.29, 0.717) is 34.9 Å². The molecule has 3 aliphatic heterocycles. The highest BCUT2D eigenvalue weighted by molar-refractivity contribution is 6.72. The van der Waals surface area contributed by atoms with Gasteiger partial charge in [-0.1, -0.05) is 42.4 Å². The summed E-state index contributed by atoms with van der Waals surface area (Å²) in [5, 5.41) is 9.88. The van der Waals surface area contributed by atoms with Crippen LogP contribution in [0.3, 0.4) is 0 Å². The number of benzene rings is 2. The Balaban J connectivity index is 1.61. The molecule has 1 N–H and O–H groups in total. The van der Waals surface area contributed by atoms with Gasteiger partial charge in [0.25, 0.3) is 11.8 Å². The molecule has 0 unspecified atom stereocenters. The van der Waals surface area contributed by atoms with Gasteiger partial charge >= 0.3 is 0 Å². The van der Waals surface area contributed by atoms with Gasteiger partial charge in [-0.3, -0.25) is 14.5 Å². The van der Waals surface area contributed by atoms with Gasteiger partial charge in [0.15, 0.2) is 12.2 Å². The second kappa shape index (κ2) is 12.0. The second-order valence-corrected chi connectivity index (χ2v) is 16.6. The summed E-state index contributed by atoms with van der Waals surface area (Å²) < 4.78 is 28.3. The van der Waals surface area contributed by atoms with Crippen molar-refractivity contribution in [2.45, 2.75) is 77.3 Å². The number of hydrogen-bond acceptors (Lipinski definition) is 5. The fraction of sp³-hybridized carbons (Fsp3) is 0.471. The number of carbonyl (C=O) groups excluding carboxylic acids is 2. The van der Waals surface area contributed by atoms with Crippen molar-refractivity contribution >= 4 is 37.3 Å². The van der Waals surface area contributed by atoms with Crippen molar-refractivity contribution in [2.24, 2.45) is 5.92 Å². The largest absolute Gasteiger partial charge is 0.482 e. The number of rotatable bonds is 9. The molecule has 0 aromatic heterocycles. The zero-order valence-corrected chi connectivity index (χ0v) is 27.0. The first kappa shape index (κ1) is 31.2. The maximum absolute atomic E-state index is 15.9. The summed E-state index contributed by atoms with van der Waals surface area (Å²) in [5.74, 6) is -0.324. The molecule has 4 atom stereocenters. The molecular weight excluding hydrogens is 563 g/mol. The lowest BCUT2D eigenvalue weighted by molar-refractivity contribution is -0.146. The summed E-state index contributed by atoms with van der Waals surface area (Å²) >= 11 is 0. The first-order chi connectivity index (χ1) is 20.4. The Kier molecular flexibility index (Phi) is 8.71. The lowest BCUT2D eigenvalue weighted by atomic mass is 9.82. The highest BCUT2D eigenvalue weighted by Gasteiger charge is 2.66. The molecule has 0 bridgehead atoms. The summed E-state index contributed by atoms with van der Waals surface area (Å²) in [6.07, 6.45) is 5.74. The Morgan fingerprint density at radius 2 is 1.86 bits per heavy atom. The van der Waals surface area contributed by atoms with Crippen LogP contribution in [0.2, 0.25) is 18.6 Å². The summed E-state index contributed by atoms with van der Waals surface area (Å²) in [7, 11) is -3.32. The molecule has 1 spiro atoms. The van der Waals surface area contributed by atoms with Crippen molar-refractivity contribution in [3.63, 3.8) is 0 Å². The van der Waals surface area contributed by atoms with E-state index < -0.39 is 31.6 Å². The highest BCUT2D eigenvalue weighted by atomic mass is 28.4. The zero-order chi connectivity index (χ0) is 31.1. The number of anilines is 3. The Bertz CT molecular complexity index is 1460. The van der Waals surface area contributed by atoms with Gasteiger partial charge in [-0.25, -0.2) is 0 Å². The molecular formula is C34H43FN2O5Si. The minimum Gasteiger partial charge on any atom is -0.482 e. The summed E-state index contributed by atoms with van der Waals surface area (Å²) in [6.45, 7) is 11.5. The van der Waals surface area contributed by atoms with E-state index >= 15 is 4.11 Å². The predicted octanol–water partition coefficient (Wildman–Crippen LogP) is 6.94. The van der Waals surface area contributed by atoms with E-state index in [0.717, 1.165) is 12.8 Å². The first-order valence-electron chi connectivity index (χ1n) is 15.2. The lowest BCUT2D eigenvalue weighted by Gasteiger charge is -2.32. The number of halogens is 1. The van der Waals surface area contributed by atoms with E-state index in [-0.39, 0.29) is 31.4 Å². The SMILES string of the molecule is CC(C)=CCC/C(C)=C/CN1C(=O)[C@@]2(O[C@@H](CCO)[C@H]([Si](C)(C)F)[C@H]2C)c2cc(N3C(=O)COc4ccccc43)ccc21. The Labute approximate surface area is 255 Å². The van der Waals surface area contributed by atoms with E-state index in [2.05, 4.69) is 32.9 Å². The second-order valence-electron chi connectivity index (χ2n) is 12.8. The van der Waals surface area contributed by atoms with Crippen molar-refractivity contribution in [3.8, 4) is 5.75 Å². The third-order valence-corrected chi connectivity index (χ3v) is 11.5. The Morgan fingerprint density at radius 1 is 1.12 bits per heavy atom. The predicted molar refractivity (Wildman–Crippen MR) is 170 cm³/mol. The van der Waals surface area contributed by atoms with Crippen LogP contribution in [-0.4, -0.2) is 51.2 Å². The maximum atomic E-state index is 15.9. The van der Waals surface area contributed by atoms with E-state index in [9.17, 15) is 14.7 Å². The smallest absolute Gasteiger partial charge is 0.269 e. The summed E-state index contributed by atoms with van der Waals surface area (Å²) in [5.41, 5.74) is 3.08. The number of hydrogen-bond donors (Lipinski definition) is 1. The first-order valence-corrected chi connectivity index (χ1v) is 18.1. The number of aliphatic hydroxyl groups is 1. The van der Waals surface area contributed by atoms with Crippen LogP contribution in [0.15, 0.2) is 65.8 Å². The third kappa shape index (κ3) is 5.58. The molecule has 0 radical (unpaired) electrons. The molecule has 2 aromatic carbocycles. The number of ether oxygens (including phenoxy) is 2. The van der Waals surface area contributed by atoms with Crippen LogP contribution >= 0.6 is 0 Å². The average Bonchev–Trinajstić information content (AvgIpc) is 3.37. The van der Waals surface area contributed by atoms with Gasteiger partial charge in [0.1, 0.15) is 5.75 Å². The summed E-state index contributed by atoms with van der Waals surface area (Å²) in [4.78, 5) is 31.1. The molecule has 2 aromatic rings. The number of carbonyl (C=O) groups is 2. The normalized spacial score (nSPS) is 25.2. The van der Waals surface area contributed by atoms with Crippen LogP contribution in [0.1, 0.15) is 52.5 Å². The molecule has 3 aliphatic rings. The number of aliphatic hydroxyl groups excluding tert-OH is 1. The van der Waals surface area contributed by atoms with E-state index in [1.54, 1.807) is 22.9 Å². The molecule has 9 heteroatoms. The molecule has 230 valence electrons. The fourth-order valence-electron chi connectivity index (χ4n) is 7.08. The van der Waals surface area contributed by atoms with Crippen LogP contribution in [-0.2, 0) is 19.9 Å². The zero-order valence-electron chi connectivity index (χ0n) is 26.0. The fourth-order valence-corrected chi connectivity index (χ4v) is 9.62. The molecule has 0 aliphatic carbocycles. The lowest BCUT2D eigenvalue weighted by Crippen LogP contribution is -2.45. The average molecular weight is 607 g/mol. The standard InChI is InChI=1S/C34H43FN2O5Si/c1-22(2)10-9-11-23(3)16-18-36-27-15-14-25(37-28-12-7-8-13-29(28)41-21-31(37)39)20-26(27)34(33(36)40)24(4)32(43(5,6)35)30(42-34)17-19-38/h7-8,10,12-16,20,24,30,32,38H,9,11,17-19,21H2,1-6H3/b23-16+/t24-,30+,32-,34+/m1/s1. The number of nitrogens with zero attached hydrogens (tertiary/aromatic N) is 2. The number of allylic oxidation sites excluding steroid dienone is 3. The van der Waals surface area contributed by atoms with Gasteiger partial charge in [-0.15, -0.1) is 0 Å². The van der Waals surface area contributed by atoms with Crippen molar-refractivity contribution in [2.75, 3.05) is 29.6 Å². The minimum atomic E-state index is -3.32. The van der Waals surface area contributed by atoms with E-state index in [4.69, 9.17) is 9.47 Å². The molecule has 5 rings (SSSR count). The van der Waals surface area contributed by atoms with Gasteiger partial charge in [-0.2, -0.15) is 0 Å². The Hall–Kier alpha value is -3.27. The summed E-state index contributed by atoms with van der Waals surface area (Å²) in [6, 6.07) is 12.9. The molecule has 2 amide bonds. The Morgan fingerprint density at radius 3 is 2.56 bits per heavy atom. The number of amides is 2. The minimum absolute atomic E-state index is 0.101. The van der Waals surface area contributed by atoms with Crippen LogP contribution in [0.4, 0.5) is 21.2 Å². The topological polar surface area (TPSA) is 79.3 Å². The van der Waals surface area contributed by atoms with Gasteiger partial charge in [-0.05, 0) is 83.5 Å². The molecule has 1 fully saturated rings. The van der Waals surface area contributed by atoms with Gasteiger partial charge < -0.3 is 23.6 Å². The number of fused-ring (bicyclic) bond motifs is 3. The highest BCUT2D eigenvalue weighted by Crippen LogP contribution is 2.60. The molecule has 1 saturated heterocycles. The van der Waals surface area contributed by atoms with Crippen molar-refractivity contribution in [3.05, 3.63) is 71.3 Å². The van der Waals surface area contributed by atoms with Crippen molar-refractivity contribution in [1.82, 2.24) is 0 Å². The quantitative estimate of drug-likeness (QED) is 0.190. The van der Waals surface area contributed by atoms with Crippen LogP contribution < -0.4 is 14.5 Å². The molecule has 3 heterocycles. The third-order valence-electron chi connectivity index (χ3n) is 9.04. The van der Waals surface area contributed by atoms with Gasteiger partial charge in [0.05, 0.1) is 17.5 Å². The van der Waals surface area contributed by atoms with Crippen molar-refractivity contribution < 1.29 is 28.3 Å². The van der Waals surface area contributed by atoms with Gasteiger partial charge in [0, 0.05) is 35.9 Å².